The molecule has 1 unspecified atom stereocenters. The Morgan fingerprint density at radius 2 is 2.25 bits per heavy atom. The lowest BCUT2D eigenvalue weighted by atomic mass is 9.94. The van der Waals surface area contributed by atoms with Crippen molar-refractivity contribution in [2.45, 2.75) is 25.0 Å². The van der Waals surface area contributed by atoms with Gasteiger partial charge in [-0.25, -0.2) is 4.79 Å². The van der Waals surface area contributed by atoms with Crippen LogP contribution in [0.15, 0.2) is 35.4 Å². The Hall–Kier alpha value is -2.75. The van der Waals surface area contributed by atoms with Crippen molar-refractivity contribution >= 4 is 6.09 Å². The minimum atomic E-state index is -1.07. The van der Waals surface area contributed by atoms with E-state index in [0.717, 1.165) is 5.56 Å². The number of rotatable bonds is 6. The van der Waals surface area contributed by atoms with E-state index in [9.17, 15) is 10.1 Å². The van der Waals surface area contributed by atoms with E-state index in [-0.39, 0.29) is 26.3 Å². The number of nitriles is 1. The van der Waals surface area contributed by atoms with E-state index in [2.05, 4.69) is 16.1 Å². The SMILES string of the molecule is N#CC1(OCCN=[N+]=[N-])CCCN(C(=O)OCc2ccccc2)C1. The van der Waals surface area contributed by atoms with Crippen LogP contribution in [-0.2, 0) is 16.1 Å². The van der Waals surface area contributed by atoms with Crippen molar-refractivity contribution in [2.24, 2.45) is 5.11 Å². The van der Waals surface area contributed by atoms with Crippen LogP contribution in [0.1, 0.15) is 18.4 Å². The summed E-state index contributed by atoms with van der Waals surface area (Å²) in [6.45, 7) is 1.15. The molecular formula is C16H19N5O3. The molecule has 0 bridgehead atoms. The van der Waals surface area contributed by atoms with Gasteiger partial charge in [0, 0.05) is 18.0 Å². The van der Waals surface area contributed by atoms with Gasteiger partial charge in [-0.2, -0.15) is 5.26 Å². The molecule has 1 aromatic rings. The van der Waals surface area contributed by atoms with Crippen LogP contribution in [0.25, 0.3) is 10.4 Å². The van der Waals surface area contributed by atoms with Crippen molar-refractivity contribution in [3.8, 4) is 6.07 Å². The molecule has 24 heavy (non-hydrogen) atoms. The maximum atomic E-state index is 12.2. The number of hydrogen-bond donors (Lipinski definition) is 0. The zero-order valence-corrected chi connectivity index (χ0v) is 13.3. The van der Waals surface area contributed by atoms with Gasteiger partial charge in [-0.15, -0.1) is 0 Å². The van der Waals surface area contributed by atoms with Crippen LogP contribution in [0.3, 0.4) is 0 Å². The maximum absolute atomic E-state index is 12.2. The van der Waals surface area contributed by atoms with Crippen molar-refractivity contribution in [2.75, 3.05) is 26.2 Å². The highest BCUT2D eigenvalue weighted by molar-refractivity contribution is 5.68. The number of amides is 1. The molecule has 0 radical (unpaired) electrons. The molecule has 0 aromatic heterocycles. The van der Waals surface area contributed by atoms with Gasteiger partial charge in [-0.3, -0.25) is 0 Å². The summed E-state index contributed by atoms with van der Waals surface area (Å²) in [5.74, 6) is 0. The van der Waals surface area contributed by atoms with E-state index in [4.69, 9.17) is 15.0 Å². The smallest absolute Gasteiger partial charge is 0.410 e. The molecule has 1 atom stereocenters. The Kier molecular flexibility index (Phi) is 6.43. The Morgan fingerprint density at radius 1 is 1.46 bits per heavy atom. The first kappa shape index (κ1) is 17.6. The summed E-state index contributed by atoms with van der Waals surface area (Å²) in [6, 6.07) is 11.5. The van der Waals surface area contributed by atoms with Gasteiger partial charge >= 0.3 is 6.09 Å². The van der Waals surface area contributed by atoms with Gasteiger partial charge in [0.05, 0.1) is 19.2 Å². The van der Waals surface area contributed by atoms with Crippen LogP contribution in [-0.4, -0.2) is 42.8 Å². The quantitative estimate of drug-likeness (QED) is 0.345. The van der Waals surface area contributed by atoms with Gasteiger partial charge < -0.3 is 14.4 Å². The lowest BCUT2D eigenvalue weighted by Crippen LogP contribution is -2.51. The monoisotopic (exact) mass is 329 g/mol. The highest BCUT2D eigenvalue weighted by Crippen LogP contribution is 2.25. The van der Waals surface area contributed by atoms with Crippen LogP contribution in [0.5, 0.6) is 0 Å². The molecule has 1 fully saturated rings. The van der Waals surface area contributed by atoms with E-state index >= 15 is 0 Å². The first-order valence-corrected chi connectivity index (χ1v) is 7.71. The topological polar surface area (TPSA) is 111 Å². The molecule has 2 rings (SSSR count). The third-order valence-electron chi connectivity index (χ3n) is 3.75. The highest BCUT2D eigenvalue weighted by atomic mass is 16.6. The fourth-order valence-corrected chi connectivity index (χ4v) is 2.56. The summed E-state index contributed by atoms with van der Waals surface area (Å²) in [7, 11) is 0. The third kappa shape index (κ3) is 4.88. The minimum absolute atomic E-state index is 0.143. The second-order valence-corrected chi connectivity index (χ2v) is 5.47. The number of hydrogen-bond acceptors (Lipinski definition) is 5. The normalized spacial score (nSPS) is 19.9. The van der Waals surface area contributed by atoms with Crippen LogP contribution in [0, 0.1) is 11.3 Å². The molecule has 126 valence electrons. The number of piperidine rings is 1. The number of ether oxygens (including phenoxy) is 2. The summed E-state index contributed by atoms with van der Waals surface area (Å²) in [5.41, 5.74) is 8.09. The third-order valence-corrected chi connectivity index (χ3v) is 3.75. The molecule has 0 aliphatic carbocycles. The summed E-state index contributed by atoms with van der Waals surface area (Å²) in [5, 5.41) is 12.8. The predicted molar refractivity (Wildman–Crippen MR) is 85.7 cm³/mol. The van der Waals surface area contributed by atoms with Crippen molar-refractivity contribution in [1.82, 2.24) is 4.90 Å². The van der Waals surface area contributed by atoms with Crippen LogP contribution in [0.4, 0.5) is 4.79 Å². The van der Waals surface area contributed by atoms with Gasteiger partial charge in [0.1, 0.15) is 6.61 Å². The van der Waals surface area contributed by atoms with Gasteiger partial charge in [-0.05, 0) is 23.9 Å². The van der Waals surface area contributed by atoms with E-state index in [1.54, 1.807) is 0 Å². The first-order valence-electron chi connectivity index (χ1n) is 7.71. The molecule has 0 saturated carbocycles. The van der Waals surface area contributed by atoms with E-state index in [1.807, 2.05) is 30.3 Å². The van der Waals surface area contributed by atoms with E-state index in [1.165, 1.54) is 4.90 Å². The number of carbonyl (C=O) groups excluding carboxylic acids is 1. The average molecular weight is 329 g/mol. The first-order chi connectivity index (χ1) is 11.7. The number of benzene rings is 1. The molecule has 1 aliphatic rings. The largest absolute Gasteiger partial charge is 0.445 e. The molecule has 1 amide bonds. The van der Waals surface area contributed by atoms with Crippen molar-refractivity contribution < 1.29 is 14.3 Å². The van der Waals surface area contributed by atoms with Gasteiger partial charge in [0.25, 0.3) is 0 Å². The Labute approximate surface area is 140 Å². The summed E-state index contributed by atoms with van der Waals surface area (Å²) in [6.07, 6.45) is 0.717. The average Bonchev–Trinajstić information content (AvgIpc) is 2.64. The van der Waals surface area contributed by atoms with Gasteiger partial charge in [-0.1, -0.05) is 35.4 Å². The summed E-state index contributed by atoms with van der Waals surface area (Å²) < 4.78 is 10.9. The van der Waals surface area contributed by atoms with Crippen molar-refractivity contribution in [3.63, 3.8) is 0 Å². The molecule has 1 heterocycles. The van der Waals surface area contributed by atoms with Crippen molar-refractivity contribution in [1.29, 1.82) is 5.26 Å². The van der Waals surface area contributed by atoms with Gasteiger partial charge in [0.15, 0.2) is 5.60 Å². The minimum Gasteiger partial charge on any atom is -0.445 e. The zero-order valence-electron chi connectivity index (χ0n) is 13.3. The Morgan fingerprint density at radius 3 is 2.96 bits per heavy atom. The van der Waals surface area contributed by atoms with E-state index < -0.39 is 11.7 Å². The molecule has 1 aromatic carbocycles. The number of carbonyl (C=O) groups is 1. The summed E-state index contributed by atoms with van der Waals surface area (Å²) in [4.78, 5) is 16.4. The number of azide groups is 1. The van der Waals surface area contributed by atoms with Crippen LogP contribution >= 0.6 is 0 Å². The van der Waals surface area contributed by atoms with Crippen molar-refractivity contribution in [3.05, 3.63) is 46.3 Å². The number of nitrogens with zero attached hydrogens (tertiary/aromatic N) is 5. The predicted octanol–water partition coefficient (Wildman–Crippen LogP) is 3.01. The highest BCUT2D eigenvalue weighted by Gasteiger charge is 2.38. The van der Waals surface area contributed by atoms with Gasteiger partial charge in [0.2, 0.25) is 0 Å². The van der Waals surface area contributed by atoms with Crippen LogP contribution < -0.4 is 0 Å². The standard InChI is InChI=1S/C16H19N5O3/c17-12-16(24-10-8-19-20-18)7-4-9-21(13-16)15(22)23-11-14-5-2-1-3-6-14/h1-3,5-6H,4,7-11,13H2. The Balaban J connectivity index is 1.89. The maximum Gasteiger partial charge on any atom is 0.410 e. The van der Waals surface area contributed by atoms with Crippen LogP contribution in [0.2, 0.25) is 0 Å². The zero-order chi connectivity index (χ0) is 17.3. The molecule has 8 heteroatoms. The molecule has 0 spiro atoms. The second-order valence-electron chi connectivity index (χ2n) is 5.47. The molecule has 0 N–H and O–H groups in total. The summed E-state index contributed by atoms with van der Waals surface area (Å²) >= 11 is 0. The molecule has 1 saturated heterocycles. The molecule has 1 aliphatic heterocycles. The molecule has 8 nitrogen and oxygen atoms in total. The molecular weight excluding hydrogens is 310 g/mol. The lowest BCUT2D eigenvalue weighted by molar-refractivity contribution is -0.0466. The Bertz CT molecular complexity index is 639. The lowest BCUT2D eigenvalue weighted by Gasteiger charge is -2.37. The second kappa shape index (κ2) is 8.77. The number of likely N-dealkylation sites (tertiary alicyclic amines) is 1. The fourth-order valence-electron chi connectivity index (χ4n) is 2.56. The fraction of sp³-hybridized carbons (Fsp3) is 0.500. The van der Waals surface area contributed by atoms with E-state index in [0.29, 0.717) is 19.4 Å².